The molecule has 1 aliphatic rings. The van der Waals surface area contributed by atoms with Gasteiger partial charge in [-0.25, -0.2) is 4.98 Å². The van der Waals surface area contributed by atoms with Crippen LogP contribution in [0.25, 0.3) is 10.9 Å². The fourth-order valence-electron chi connectivity index (χ4n) is 2.52. The number of nitrogens with one attached hydrogen (secondary N) is 2. The van der Waals surface area contributed by atoms with Crippen LogP contribution in [0.3, 0.4) is 0 Å². The van der Waals surface area contributed by atoms with Crippen LogP contribution in [0.15, 0.2) is 23.0 Å². The average Bonchev–Trinajstić information content (AvgIpc) is 3.19. The number of halogens is 1. The summed E-state index contributed by atoms with van der Waals surface area (Å²) in [7, 11) is 0. The van der Waals surface area contributed by atoms with E-state index in [-0.39, 0.29) is 5.56 Å². The summed E-state index contributed by atoms with van der Waals surface area (Å²) < 4.78 is 0. The largest absolute Gasteiger partial charge is 0.309 e. The van der Waals surface area contributed by atoms with Crippen LogP contribution < -0.4 is 10.9 Å². The molecule has 1 aromatic carbocycles. The Morgan fingerprint density at radius 2 is 2.25 bits per heavy atom. The first kappa shape index (κ1) is 13.6. The third-order valence-electron chi connectivity index (χ3n) is 4.22. The van der Waals surface area contributed by atoms with E-state index in [9.17, 15) is 4.79 Å². The lowest BCUT2D eigenvalue weighted by Gasteiger charge is -2.13. The highest BCUT2D eigenvalue weighted by atomic mass is 35.5. The molecule has 0 aliphatic heterocycles. The van der Waals surface area contributed by atoms with E-state index >= 15 is 0 Å². The number of fused-ring (bicyclic) bond motifs is 1. The van der Waals surface area contributed by atoms with Crippen molar-refractivity contribution in [2.24, 2.45) is 5.41 Å². The number of rotatable bonds is 5. The number of aromatic nitrogens is 2. The summed E-state index contributed by atoms with van der Waals surface area (Å²) in [6.45, 7) is 3.80. The maximum absolute atomic E-state index is 12.0. The Morgan fingerprint density at radius 1 is 1.45 bits per heavy atom. The molecule has 0 unspecified atom stereocenters. The zero-order valence-electron chi connectivity index (χ0n) is 11.5. The Kier molecular flexibility index (Phi) is 3.52. The van der Waals surface area contributed by atoms with Crippen LogP contribution in [-0.2, 0) is 6.54 Å². The summed E-state index contributed by atoms with van der Waals surface area (Å²) in [5.74, 6) is 0.664. The topological polar surface area (TPSA) is 57.8 Å². The number of benzene rings is 1. The third kappa shape index (κ3) is 2.72. The minimum Gasteiger partial charge on any atom is -0.309 e. The van der Waals surface area contributed by atoms with Gasteiger partial charge in [0.25, 0.3) is 5.56 Å². The minimum atomic E-state index is -0.111. The van der Waals surface area contributed by atoms with E-state index in [0.29, 0.717) is 33.7 Å². The zero-order valence-corrected chi connectivity index (χ0v) is 12.3. The van der Waals surface area contributed by atoms with E-state index < -0.39 is 0 Å². The van der Waals surface area contributed by atoms with Crippen molar-refractivity contribution in [1.82, 2.24) is 15.3 Å². The number of hydrogen-bond donors (Lipinski definition) is 2. The summed E-state index contributed by atoms with van der Waals surface area (Å²) in [5, 5.41) is 4.57. The van der Waals surface area contributed by atoms with Crippen molar-refractivity contribution in [2.45, 2.75) is 32.7 Å². The van der Waals surface area contributed by atoms with Crippen molar-refractivity contribution >= 4 is 22.5 Å². The van der Waals surface area contributed by atoms with Crippen molar-refractivity contribution in [1.29, 1.82) is 0 Å². The SMILES string of the molecule is CCC1(CNCc2nc3cc(Cl)ccc3c(=O)[nH]2)CC1. The molecule has 0 amide bonds. The van der Waals surface area contributed by atoms with E-state index in [0.717, 1.165) is 6.54 Å². The average molecular weight is 292 g/mol. The second kappa shape index (κ2) is 5.19. The quantitative estimate of drug-likeness (QED) is 0.890. The summed E-state index contributed by atoms with van der Waals surface area (Å²) in [6, 6.07) is 5.14. The molecular weight excluding hydrogens is 274 g/mol. The molecule has 2 aromatic rings. The van der Waals surface area contributed by atoms with Crippen molar-refractivity contribution in [2.75, 3.05) is 6.54 Å². The molecule has 1 heterocycles. The van der Waals surface area contributed by atoms with Gasteiger partial charge in [0, 0.05) is 11.6 Å². The second-order valence-electron chi connectivity index (χ2n) is 5.63. The molecule has 5 heteroatoms. The van der Waals surface area contributed by atoms with Gasteiger partial charge in [-0.05, 0) is 42.9 Å². The summed E-state index contributed by atoms with van der Waals surface area (Å²) in [5.41, 5.74) is 1.02. The van der Waals surface area contributed by atoms with Crippen LogP contribution in [0.2, 0.25) is 5.02 Å². The second-order valence-corrected chi connectivity index (χ2v) is 6.07. The number of aromatic amines is 1. The van der Waals surface area contributed by atoms with E-state index in [4.69, 9.17) is 11.6 Å². The molecule has 0 bridgehead atoms. The standard InChI is InChI=1S/C15H18ClN3O/c1-2-15(5-6-15)9-17-8-13-18-12-7-10(16)3-4-11(12)14(20)19-13/h3-4,7,17H,2,5-6,8-9H2,1H3,(H,18,19,20). The lowest BCUT2D eigenvalue weighted by Crippen LogP contribution is -2.25. The monoisotopic (exact) mass is 291 g/mol. The Balaban J connectivity index is 1.76. The van der Waals surface area contributed by atoms with Gasteiger partial charge >= 0.3 is 0 Å². The van der Waals surface area contributed by atoms with Crippen LogP contribution in [-0.4, -0.2) is 16.5 Å². The van der Waals surface area contributed by atoms with Gasteiger partial charge in [-0.15, -0.1) is 0 Å². The van der Waals surface area contributed by atoms with Crippen LogP contribution in [0, 0.1) is 5.41 Å². The zero-order chi connectivity index (χ0) is 14.2. The van der Waals surface area contributed by atoms with Gasteiger partial charge in [0.2, 0.25) is 0 Å². The smallest absolute Gasteiger partial charge is 0.258 e. The Hall–Kier alpha value is -1.39. The highest BCUT2D eigenvalue weighted by Gasteiger charge is 2.39. The van der Waals surface area contributed by atoms with E-state index in [2.05, 4.69) is 22.2 Å². The molecule has 0 saturated heterocycles. The van der Waals surface area contributed by atoms with Crippen LogP contribution in [0.4, 0.5) is 0 Å². The van der Waals surface area contributed by atoms with Gasteiger partial charge in [-0.1, -0.05) is 18.5 Å². The number of hydrogen-bond acceptors (Lipinski definition) is 3. The van der Waals surface area contributed by atoms with Crippen molar-refractivity contribution in [3.05, 3.63) is 39.4 Å². The number of nitrogens with zero attached hydrogens (tertiary/aromatic N) is 1. The first-order valence-corrected chi connectivity index (χ1v) is 7.39. The molecule has 20 heavy (non-hydrogen) atoms. The molecule has 0 radical (unpaired) electrons. The molecule has 0 atom stereocenters. The fraction of sp³-hybridized carbons (Fsp3) is 0.467. The maximum Gasteiger partial charge on any atom is 0.258 e. The predicted molar refractivity (Wildman–Crippen MR) is 81.0 cm³/mol. The summed E-state index contributed by atoms with van der Waals surface area (Å²) in [6.07, 6.45) is 3.80. The first-order valence-electron chi connectivity index (χ1n) is 7.01. The van der Waals surface area contributed by atoms with Gasteiger partial charge in [0.1, 0.15) is 5.82 Å². The maximum atomic E-state index is 12.0. The van der Waals surface area contributed by atoms with E-state index in [1.165, 1.54) is 19.3 Å². The van der Waals surface area contributed by atoms with Gasteiger partial charge in [-0.3, -0.25) is 4.79 Å². The van der Waals surface area contributed by atoms with Crippen LogP contribution >= 0.6 is 11.6 Å². The van der Waals surface area contributed by atoms with Gasteiger partial charge < -0.3 is 10.3 Å². The fourth-order valence-corrected chi connectivity index (χ4v) is 2.69. The first-order chi connectivity index (χ1) is 9.62. The molecule has 3 rings (SSSR count). The lowest BCUT2D eigenvalue weighted by atomic mass is 10.0. The summed E-state index contributed by atoms with van der Waals surface area (Å²) >= 11 is 5.95. The molecule has 4 nitrogen and oxygen atoms in total. The van der Waals surface area contributed by atoms with Gasteiger partial charge in [-0.2, -0.15) is 0 Å². The summed E-state index contributed by atoms with van der Waals surface area (Å²) in [4.78, 5) is 19.3. The Morgan fingerprint density at radius 3 is 2.95 bits per heavy atom. The Labute approximate surface area is 122 Å². The number of H-pyrrole nitrogens is 1. The van der Waals surface area contributed by atoms with Crippen molar-refractivity contribution in [3.8, 4) is 0 Å². The Bertz CT molecular complexity index is 691. The predicted octanol–water partition coefficient (Wildman–Crippen LogP) is 2.86. The molecule has 1 aromatic heterocycles. The lowest BCUT2D eigenvalue weighted by molar-refractivity contribution is 0.440. The minimum absolute atomic E-state index is 0.111. The van der Waals surface area contributed by atoms with E-state index in [1.807, 2.05) is 0 Å². The van der Waals surface area contributed by atoms with Gasteiger partial charge in [0.15, 0.2) is 0 Å². The molecule has 1 fully saturated rings. The molecular formula is C15H18ClN3O. The highest BCUT2D eigenvalue weighted by molar-refractivity contribution is 6.31. The molecule has 106 valence electrons. The van der Waals surface area contributed by atoms with Crippen molar-refractivity contribution in [3.63, 3.8) is 0 Å². The normalized spacial score (nSPS) is 16.5. The van der Waals surface area contributed by atoms with Gasteiger partial charge in [0.05, 0.1) is 17.4 Å². The third-order valence-corrected chi connectivity index (χ3v) is 4.45. The van der Waals surface area contributed by atoms with Crippen molar-refractivity contribution < 1.29 is 0 Å². The van der Waals surface area contributed by atoms with E-state index in [1.54, 1.807) is 18.2 Å². The van der Waals surface area contributed by atoms with Crippen LogP contribution in [0.5, 0.6) is 0 Å². The molecule has 0 spiro atoms. The molecule has 1 saturated carbocycles. The molecule has 1 aliphatic carbocycles. The highest BCUT2D eigenvalue weighted by Crippen LogP contribution is 2.47. The molecule has 2 N–H and O–H groups in total. The van der Waals surface area contributed by atoms with Crippen LogP contribution in [0.1, 0.15) is 32.0 Å².